The second kappa shape index (κ2) is 9.75. The minimum Gasteiger partial charge on any atom is -0.383 e. The Labute approximate surface area is 93.6 Å². The van der Waals surface area contributed by atoms with Crippen molar-refractivity contribution in [3.05, 3.63) is 0 Å². The largest absolute Gasteiger partial charge is 0.383 e. The molecule has 0 aliphatic heterocycles. The summed E-state index contributed by atoms with van der Waals surface area (Å²) in [5.74, 6) is 1.50. The van der Waals surface area contributed by atoms with Gasteiger partial charge < -0.3 is 9.64 Å². The Kier molecular flexibility index (Phi) is 9.90. The number of alkyl halides is 1. The van der Waals surface area contributed by atoms with Crippen LogP contribution in [-0.2, 0) is 4.74 Å². The normalized spacial score (nSPS) is 11.6. The molecule has 86 valence electrons. The van der Waals surface area contributed by atoms with Crippen LogP contribution in [0.4, 0.5) is 0 Å². The molecule has 0 rings (SSSR count). The number of unbranched alkanes of at least 4 members (excludes halogenated alkanes) is 1. The Morgan fingerprint density at radius 2 is 1.93 bits per heavy atom. The molecule has 0 fully saturated rings. The first-order chi connectivity index (χ1) is 6.70. The van der Waals surface area contributed by atoms with E-state index in [-0.39, 0.29) is 0 Å². The molecule has 14 heavy (non-hydrogen) atoms. The second-order valence-corrected chi connectivity index (χ2v) is 4.46. The lowest BCUT2D eigenvalue weighted by Gasteiger charge is -2.23. The fourth-order valence-corrected chi connectivity index (χ4v) is 1.65. The number of halogens is 1. The van der Waals surface area contributed by atoms with Gasteiger partial charge in [0.25, 0.3) is 0 Å². The highest BCUT2D eigenvalue weighted by Crippen LogP contribution is 2.02. The van der Waals surface area contributed by atoms with Gasteiger partial charge in [-0.3, -0.25) is 0 Å². The highest BCUT2D eigenvalue weighted by molar-refractivity contribution is 6.17. The van der Waals surface area contributed by atoms with Gasteiger partial charge in [-0.2, -0.15) is 0 Å². The van der Waals surface area contributed by atoms with Crippen LogP contribution in [0, 0.1) is 5.92 Å². The quantitative estimate of drug-likeness (QED) is 0.439. The number of rotatable bonds is 9. The molecular formula is C11H24ClNO. The van der Waals surface area contributed by atoms with Crippen molar-refractivity contribution < 1.29 is 4.74 Å². The van der Waals surface area contributed by atoms with Crippen LogP contribution in [0.2, 0.25) is 0 Å². The maximum absolute atomic E-state index is 5.65. The van der Waals surface area contributed by atoms with Gasteiger partial charge >= 0.3 is 0 Å². The summed E-state index contributed by atoms with van der Waals surface area (Å²) >= 11 is 5.65. The summed E-state index contributed by atoms with van der Waals surface area (Å²) in [6.07, 6.45) is 2.31. The van der Waals surface area contributed by atoms with Gasteiger partial charge in [-0.25, -0.2) is 0 Å². The van der Waals surface area contributed by atoms with Gasteiger partial charge in [0.05, 0.1) is 6.61 Å². The standard InChI is InChI=1S/C11H24ClNO/c1-11(2)10-13(8-9-14-3)7-5-4-6-12/h11H,4-10H2,1-3H3. The molecule has 0 atom stereocenters. The van der Waals surface area contributed by atoms with Crippen LogP contribution in [0.5, 0.6) is 0 Å². The minimum atomic E-state index is 0.725. The van der Waals surface area contributed by atoms with Crippen molar-refractivity contribution in [1.82, 2.24) is 4.90 Å². The first kappa shape index (κ1) is 14.2. The Bertz CT molecular complexity index is 120. The summed E-state index contributed by atoms with van der Waals surface area (Å²) in [5.41, 5.74) is 0. The maximum atomic E-state index is 5.65. The monoisotopic (exact) mass is 221 g/mol. The smallest absolute Gasteiger partial charge is 0.0589 e. The van der Waals surface area contributed by atoms with Crippen LogP contribution < -0.4 is 0 Å². The zero-order valence-corrected chi connectivity index (χ0v) is 10.5. The predicted octanol–water partition coefficient (Wildman–Crippen LogP) is 2.61. The van der Waals surface area contributed by atoms with Crippen molar-refractivity contribution in [2.75, 3.05) is 39.2 Å². The molecular weight excluding hydrogens is 198 g/mol. The second-order valence-electron chi connectivity index (χ2n) is 4.08. The Morgan fingerprint density at radius 3 is 2.43 bits per heavy atom. The first-order valence-corrected chi connectivity index (χ1v) is 6.01. The third-order valence-electron chi connectivity index (χ3n) is 2.09. The highest BCUT2D eigenvalue weighted by Gasteiger charge is 2.06. The maximum Gasteiger partial charge on any atom is 0.0589 e. The average Bonchev–Trinajstić information content (AvgIpc) is 2.13. The van der Waals surface area contributed by atoms with E-state index in [0.717, 1.165) is 44.5 Å². The summed E-state index contributed by atoms with van der Waals surface area (Å²) in [7, 11) is 1.76. The van der Waals surface area contributed by atoms with Crippen molar-refractivity contribution in [3.8, 4) is 0 Å². The van der Waals surface area contributed by atoms with E-state index < -0.39 is 0 Å². The fourth-order valence-electron chi connectivity index (χ4n) is 1.46. The van der Waals surface area contributed by atoms with Crippen LogP contribution in [0.1, 0.15) is 26.7 Å². The summed E-state index contributed by atoms with van der Waals surface area (Å²) in [5, 5.41) is 0. The Balaban J connectivity index is 3.61. The van der Waals surface area contributed by atoms with Crippen molar-refractivity contribution in [2.24, 2.45) is 5.92 Å². The zero-order valence-electron chi connectivity index (χ0n) is 9.76. The van der Waals surface area contributed by atoms with E-state index in [0.29, 0.717) is 0 Å². The molecule has 0 radical (unpaired) electrons. The van der Waals surface area contributed by atoms with Gasteiger partial charge in [-0.05, 0) is 25.3 Å². The third kappa shape index (κ3) is 8.79. The SMILES string of the molecule is COCCN(CCCCCl)CC(C)C. The van der Waals surface area contributed by atoms with Gasteiger partial charge in [0.1, 0.15) is 0 Å². The molecule has 0 spiro atoms. The molecule has 0 aromatic heterocycles. The molecule has 0 saturated heterocycles. The van der Waals surface area contributed by atoms with Crippen molar-refractivity contribution in [1.29, 1.82) is 0 Å². The predicted molar refractivity (Wildman–Crippen MR) is 63.1 cm³/mol. The van der Waals surface area contributed by atoms with Crippen LogP contribution >= 0.6 is 11.6 Å². The molecule has 0 unspecified atom stereocenters. The molecule has 0 aromatic rings. The highest BCUT2D eigenvalue weighted by atomic mass is 35.5. The van der Waals surface area contributed by atoms with Gasteiger partial charge in [-0.15, -0.1) is 11.6 Å². The zero-order chi connectivity index (χ0) is 10.8. The van der Waals surface area contributed by atoms with E-state index >= 15 is 0 Å². The van der Waals surface area contributed by atoms with Gasteiger partial charge in [-0.1, -0.05) is 13.8 Å². The van der Waals surface area contributed by atoms with Crippen molar-refractivity contribution in [3.63, 3.8) is 0 Å². The number of nitrogens with zero attached hydrogens (tertiary/aromatic N) is 1. The van der Waals surface area contributed by atoms with E-state index in [2.05, 4.69) is 18.7 Å². The molecule has 0 N–H and O–H groups in total. The van der Waals surface area contributed by atoms with Crippen LogP contribution in [0.3, 0.4) is 0 Å². The van der Waals surface area contributed by atoms with Gasteiger partial charge in [0.15, 0.2) is 0 Å². The van der Waals surface area contributed by atoms with E-state index in [1.54, 1.807) is 7.11 Å². The summed E-state index contributed by atoms with van der Waals surface area (Å²) in [4.78, 5) is 2.46. The van der Waals surface area contributed by atoms with Gasteiger partial charge in [0.2, 0.25) is 0 Å². The Hall–Kier alpha value is 0.210. The minimum absolute atomic E-state index is 0.725. The van der Waals surface area contributed by atoms with Crippen molar-refractivity contribution in [2.45, 2.75) is 26.7 Å². The molecule has 0 bridgehead atoms. The Morgan fingerprint density at radius 1 is 1.21 bits per heavy atom. The van der Waals surface area contributed by atoms with Crippen LogP contribution in [0.15, 0.2) is 0 Å². The third-order valence-corrected chi connectivity index (χ3v) is 2.36. The van der Waals surface area contributed by atoms with Crippen molar-refractivity contribution >= 4 is 11.6 Å². The summed E-state index contributed by atoms with van der Waals surface area (Å²) < 4.78 is 5.09. The molecule has 0 heterocycles. The number of hydrogen-bond acceptors (Lipinski definition) is 2. The average molecular weight is 222 g/mol. The first-order valence-electron chi connectivity index (χ1n) is 5.48. The lowest BCUT2D eigenvalue weighted by Crippen LogP contribution is -2.32. The molecule has 0 saturated carbocycles. The molecule has 0 amide bonds. The van der Waals surface area contributed by atoms with Crippen LogP contribution in [-0.4, -0.2) is 44.1 Å². The van der Waals surface area contributed by atoms with Gasteiger partial charge in [0, 0.05) is 26.1 Å². The lowest BCUT2D eigenvalue weighted by molar-refractivity contribution is 0.139. The molecule has 3 heteroatoms. The lowest BCUT2D eigenvalue weighted by atomic mass is 10.2. The van der Waals surface area contributed by atoms with E-state index in [1.807, 2.05) is 0 Å². The number of hydrogen-bond donors (Lipinski definition) is 0. The molecule has 0 aliphatic rings. The van der Waals surface area contributed by atoms with E-state index in [4.69, 9.17) is 16.3 Å². The number of methoxy groups -OCH3 is 1. The van der Waals surface area contributed by atoms with E-state index in [1.165, 1.54) is 6.42 Å². The fraction of sp³-hybridized carbons (Fsp3) is 1.00. The topological polar surface area (TPSA) is 12.5 Å². The summed E-state index contributed by atoms with van der Waals surface area (Å²) in [6.45, 7) is 8.67. The van der Waals surface area contributed by atoms with E-state index in [9.17, 15) is 0 Å². The molecule has 2 nitrogen and oxygen atoms in total. The molecule has 0 aromatic carbocycles. The van der Waals surface area contributed by atoms with Crippen LogP contribution in [0.25, 0.3) is 0 Å². The summed E-state index contributed by atoms with van der Waals surface area (Å²) in [6, 6.07) is 0. The number of ether oxygens (including phenoxy) is 1. The molecule has 0 aliphatic carbocycles.